The molecule has 2 atom stereocenters. The van der Waals surface area contributed by atoms with Gasteiger partial charge in [-0.05, 0) is 23.3 Å². The maximum absolute atomic E-state index is 12.3. The Kier molecular flexibility index (Phi) is 6.12. The van der Waals surface area contributed by atoms with Crippen molar-refractivity contribution < 1.29 is 14.4 Å². The van der Waals surface area contributed by atoms with Crippen LogP contribution in [0.15, 0.2) is 54.6 Å². The van der Waals surface area contributed by atoms with Gasteiger partial charge in [-0.1, -0.05) is 54.1 Å². The van der Waals surface area contributed by atoms with E-state index in [1.165, 1.54) is 16.7 Å². The molecule has 2 aromatic carbocycles. The Bertz CT molecular complexity index is 778. The van der Waals surface area contributed by atoms with Crippen LogP contribution in [0.1, 0.15) is 30.0 Å². The molecule has 0 N–H and O–H groups in total. The van der Waals surface area contributed by atoms with Crippen LogP contribution in [0.2, 0.25) is 5.02 Å². The van der Waals surface area contributed by atoms with Crippen molar-refractivity contribution in [1.82, 2.24) is 4.90 Å². The Morgan fingerprint density at radius 2 is 1.62 bits per heavy atom. The van der Waals surface area contributed by atoms with Crippen LogP contribution in [0.4, 0.5) is 0 Å². The minimum Gasteiger partial charge on any atom is -0.302 e. The Morgan fingerprint density at radius 3 is 2.19 bits per heavy atom. The van der Waals surface area contributed by atoms with Crippen molar-refractivity contribution in [2.75, 3.05) is 0 Å². The van der Waals surface area contributed by atoms with E-state index in [2.05, 4.69) is 0 Å². The lowest BCUT2D eigenvalue weighted by Gasteiger charge is -2.30. The lowest BCUT2D eigenvalue weighted by atomic mass is 10.0. The molecule has 0 aliphatic carbocycles. The first-order chi connectivity index (χ1) is 12.6. The summed E-state index contributed by atoms with van der Waals surface area (Å²) in [7, 11) is 0. The summed E-state index contributed by atoms with van der Waals surface area (Å²) in [4.78, 5) is 37.8. The number of imide groups is 1. The van der Waals surface area contributed by atoms with Crippen LogP contribution < -0.4 is 0 Å². The fraction of sp³-hybridized carbons (Fsp3) is 0.250. The molecule has 0 bridgehead atoms. The molecular formula is C20H18ClNO3S. The second-order valence-corrected chi connectivity index (χ2v) is 7.65. The summed E-state index contributed by atoms with van der Waals surface area (Å²) in [6.07, 6.45) is 1.21. The van der Waals surface area contributed by atoms with E-state index in [-0.39, 0.29) is 24.7 Å². The van der Waals surface area contributed by atoms with E-state index < -0.39 is 11.3 Å². The van der Waals surface area contributed by atoms with Gasteiger partial charge in [-0.25, -0.2) is 0 Å². The van der Waals surface area contributed by atoms with Gasteiger partial charge in [0.25, 0.3) is 0 Å². The van der Waals surface area contributed by atoms with Gasteiger partial charge in [-0.15, -0.1) is 11.8 Å². The van der Waals surface area contributed by atoms with Crippen LogP contribution in [0.5, 0.6) is 0 Å². The Hall–Kier alpha value is -2.11. The molecule has 2 amide bonds. The molecule has 0 saturated carbocycles. The maximum Gasteiger partial charge on any atom is 0.230 e. The summed E-state index contributed by atoms with van der Waals surface area (Å²) in [5.74, 6) is 0.147. The Morgan fingerprint density at radius 1 is 1.00 bits per heavy atom. The van der Waals surface area contributed by atoms with E-state index in [1.54, 1.807) is 24.3 Å². The van der Waals surface area contributed by atoms with Gasteiger partial charge in [-0.3, -0.25) is 14.5 Å². The van der Waals surface area contributed by atoms with Crippen molar-refractivity contribution in [3.8, 4) is 0 Å². The molecule has 0 unspecified atom stereocenters. The molecular weight excluding hydrogens is 370 g/mol. The zero-order chi connectivity index (χ0) is 18.5. The molecule has 0 aromatic heterocycles. The van der Waals surface area contributed by atoms with E-state index in [4.69, 9.17) is 11.6 Å². The van der Waals surface area contributed by atoms with Crippen molar-refractivity contribution in [2.45, 2.75) is 29.9 Å². The number of likely N-dealkylation sites (tertiary alicyclic amines) is 1. The SMILES string of the molecule is O=C[C@@H](SCc1ccccc1)[C@@H](c1ccc(Cl)cc1)N1C(=O)CCC1=O. The molecule has 26 heavy (non-hydrogen) atoms. The molecule has 1 aliphatic heterocycles. The molecule has 1 heterocycles. The molecule has 2 aromatic rings. The van der Waals surface area contributed by atoms with Crippen LogP contribution in [0.25, 0.3) is 0 Å². The first-order valence-corrected chi connectivity index (χ1v) is 9.74. The smallest absolute Gasteiger partial charge is 0.230 e. The number of rotatable bonds is 7. The van der Waals surface area contributed by atoms with E-state index >= 15 is 0 Å². The summed E-state index contributed by atoms with van der Waals surface area (Å²) in [6, 6.07) is 16.1. The minimum atomic E-state index is -0.624. The van der Waals surface area contributed by atoms with Crippen LogP contribution in [-0.2, 0) is 20.1 Å². The third-order valence-electron chi connectivity index (χ3n) is 4.31. The predicted octanol–water partition coefficient (Wildman–Crippen LogP) is 4.03. The fourth-order valence-corrected chi connectivity index (χ4v) is 4.26. The van der Waals surface area contributed by atoms with Crippen LogP contribution >= 0.6 is 23.4 Å². The molecule has 3 rings (SSSR count). The average molecular weight is 388 g/mol. The third kappa shape index (κ3) is 4.17. The number of hydrogen-bond donors (Lipinski definition) is 0. The van der Waals surface area contributed by atoms with E-state index in [0.717, 1.165) is 17.4 Å². The highest BCUT2D eigenvalue weighted by Gasteiger charge is 2.40. The van der Waals surface area contributed by atoms with E-state index in [1.807, 2.05) is 30.3 Å². The van der Waals surface area contributed by atoms with Crippen molar-refractivity contribution in [2.24, 2.45) is 0 Å². The standard InChI is InChI=1S/C20H18ClNO3S/c21-16-8-6-15(7-9-16)20(22-18(24)10-11-19(22)25)17(12-23)26-13-14-4-2-1-3-5-14/h1-9,12,17,20H,10-11,13H2/t17-,20-/m1/s1. The Labute approximate surface area is 161 Å². The minimum absolute atomic E-state index is 0.192. The zero-order valence-electron chi connectivity index (χ0n) is 14.0. The second kappa shape index (κ2) is 8.52. The monoisotopic (exact) mass is 387 g/mol. The van der Waals surface area contributed by atoms with Gasteiger partial charge in [0.1, 0.15) is 6.29 Å². The molecule has 0 radical (unpaired) electrons. The maximum atomic E-state index is 12.3. The van der Waals surface area contributed by atoms with Crippen molar-refractivity contribution >= 4 is 41.5 Å². The van der Waals surface area contributed by atoms with Gasteiger partial charge in [-0.2, -0.15) is 0 Å². The molecule has 1 saturated heterocycles. The van der Waals surface area contributed by atoms with E-state index in [9.17, 15) is 14.4 Å². The Balaban J connectivity index is 1.89. The zero-order valence-corrected chi connectivity index (χ0v) is 15.6. The van der Waals surface area contributed by atoms with Crippen molar-refractivity contribution in [3.05, 3.63) is 70.7 Å². The molecule has 1 aliphatic rings. The average Bonchev–Trinajstić information content (AvgIpc) is 2.99. The lowest BCUT2D eigenvalue weighted by Crippen LogP contribution is -2.39. The number of benzene rings is 2. The first-order valence-electron chi connectivity index (χ1n) is 8.31. The fourth-order valence-electron chi connectivity index (χ4n) is 3.02. The highest BCUT2D eigenvalue weighted by Crippen LogP contribution is 2.36. The molecule has 0 spiro atoms. The number of amides is 2. The van der Waals surface area contributed by atoms with Crippen molar-refractivity contribution in [3.63, 3.8) is 0 Å². The molecule has 134 valence electrons. The highest BCUT2D eigenvalue weighted by molar-refractivity contribution is 7.99. The summed E-state index contributed by atoms with van der Waals surface area (Å²) in [6.45, 7) is 0. The van der Waals surface area contributed by atoms with Crippen LogP contribution in [0, 0.1) is 0 Å². The number of thioether (sulfide) groups is 1. The van der Waals surface area contributed by atoms with Gasteiger partial charge in [0.05, 0.1) is 11.3 Å². The molecule has 1 fully saturated rings. The normalized spacial score (nSPS) is 16.6. The number of halogens is 1. The summed E-state index contributed by atoms with van der Waals surface area (Å²) >= 11 is 7.39. The highest BCUT2D eigenvalue weighted by atomic mass is 35.5. The van der Waals surface area contributed by atoms with Gasteiger partial charge in [0.15, 0.2) is 0 Å². The van der Waals surface area contributed by atoms with Crippen molar-refractivity contribution in [1.29, 1.82) is 0 Å². The lowest BCUT2D eigenvalue weighted by molar-refractivity contribution is -0.141. The quantitative estimate of drug-likeness (QED) is 0.531. The summed E-state index contributed by atoms with van der Waals surface area (Å²) in [5.41, 5.74) is 1.81. The van der Waals surface area contributed by atoms with Gasteiger partial charge >= 0.3 is 0 Å². The van der Waals surface area contributed by atoms with Gasteiger partial charge < -0.3 is 4.79 Å². The predicted molar refractivity (Wildman–Crippen MR) is 103 cm³/mol. The molecule has 6 heteroatoms. The summed E-state index contributed by atoms with van der Waals surface area (Å²) in [5, 5.41) is 0.00792. The summed E-state index contributed by atoms with van der Waals surface area (Å²) < 4.78 is 0. The van der Waals surface area contributed by atoms with E-state index in [0.29, 0.717) is 10.8 Å². The first kappa shape index (κ1) is 18.7. The number of carbonyl (C=O) groups excluding carboxylic acids is 3. The van der Waals surface area contributed by atoms with Gasteiger partial charge in [0, 0.05) is 23.6 Å². The largest absolute Gasteiger partial charge is 0.302 e. The number of hydrogen-bond acceptors (Lipinski definition) is 4. The number of aldehydes is 1. The van der Waals surface area contributed by atoms with Crippen LogP contribution in [-0.4, -0.2) is 28.3 Å². The third-order valence-corrected chi connectivity index (χ3v) is 5.82. The second-order valence-electron chi connectivity index (χ2n) is 6.05. The number of nitrogens with zero attached hydrogens (tertiary/aromatic N) is 1. The molecule has 4 nitrogen and oxygen atoms in total. The topological polar surface area (TPSA) is 54.5 Å². The van der Waals surface area contributed by atoms with Crippen LogP contribution in [0.3, 0.4) is 0 Å². The number of carbonyl (C=O) groups is 3. The van der Waals surface area contributed by atoms with Gasteiger partial charge in [0.2, 0.25) is 11.8 Å².